The predicted octanol–water partition coefficient (Wildman–Crippen LogP) is 2.48. The standard InChI is InChI=1S/C19H18N2O4/c1-4-11-25-16-8-5-14(6-9-16)13-20-21-19(22)15-7-10-17(23-2)18(12-15)24-3/h1,5-10,12-13H,11H2,2-3H3,(H,21,22)/b20-13+. The average molecular weight is 338 g/mol. The average Bonchev–Trinajstić information content (AvgIpc) is 2.66. The molecule has 0 aliphatic rings. The zero-order valence-electron chi connectivity index (χ0n) is 14.0. The first-order valence-electron chi connectivity index (χ1n) is 7.39. The van der Waals surface area contributed by atoms with Gasteiger partial charge < -0.3 is 14.2 Å². The van der Waals surface area contributed by atoms with Crippen molar-refractivity contribution >= 4 is 12.1 Å². The van der Waals surface area contributed by atoms with E-state index in [-0.39, 0.29) is 12.5 Å². The predicted molar refractivity (Wildman–Crippen MR) is 95.4 cm³/mol. The molecule has 0 aromatic heterocycles. The fourth-order valence-electron chi connectivity index (χ4n) is 1.98. The van der Waals surface area contributed by atoms with Crippen molar-refractivity contribution < 1.29 is 19.0 Å². The van der Waals surface area contributed by atoms with Crippen LogP contribution in [0, 0.1) is 12.3 Å². The SMILES string of the molecule is C#CCOc1ccc(/C=N/NC(=O)c2ccc(OC)c(OC)c2)cc1. The van der Waals surface area contributed by atoms with Crippen molar-refractivity contribution in [3.63, 3.8) is 0 Å². The number of hydrogen-bond donors (Lipinski definition) is 1. The topological polar surface area (TPSA) is 69.2 Å². The highest BCUT2D eigenvalue weighted by Gasteiger charge is 2.09. The second kappa shape index (κ2) is 8.99. The molecule has 6 heteroatoms. The molecule has 2 aromatic carbocycles. The second-order valence-corrected chi connectivity index (χ2v) is 4.83. The first-order chi connectivity index (χ1) is 12.2. The molecule has 0 aliphatic heterocycles. The quantitative estimate of drug-likeness (QED) is 0.478. The van der Waals surface area contributed by atoms with Gasteiger partial charge in [0, 0.05) is 5.56 Å². The summed E-state index contributed by atoms with van der Waals surface area (Å²) in [6.45, 7) is 0.217. The van der Waals surface area contributed by atoms with Crippen molar-refractivity contribution in [1.29, 1.82) is 0 Å². The van der Waals surface area contributed by atoms with Crippen LogP contribution in [0.4, 0.5) is 0 Å². The number of carbonyl (C=O) groups is 1. The summed E-state index contributed by atoms with van der Waals surface area (Å²) in [6.07, 6.45) is 6.66. The third-order valence-corrected chi connectivity index (χ3v) is 3.23. The lowest BCUT2D eigenvalue weighted by Crippen LogP contribution is -2.17. The Morgan fingerprint density at radius 2 is 1.88 bits per heavy atom. The molecule has 0 radical (unpaired) electrons. The van der Waals surface area contributed by atoms with Crippen molar-refractivity contribution in [1.82, 2.24) is 5.43 Å². The van der Waals surface area contributed by atoms with E-state index in [9.17, 15) is 4.79 Å². The number of ether oxygens (including phenoxy) is 3. The summed E-state index contributed by atoms with van der Waals surface area (Å²) in [5.74, 6) is 3.74. The monoisotopic (exact) mass is 338 g/mol. The van der Waals surface area contributed by atoms with Gasteiger partial charge in [-0.05, 0) is 48.0 Å². The Hall–Kier alpha value is -3.46. The van der Waals surface area contributed by atoms with E-state index in [0.29, 0.717) is 22.8 Å². The maximum absolute atomic E-state index is 12.1. The van der Waals surface area contributed by atoms with Crippen molar-refractivity contribution in [2.45, 2.75) is 0 Å². The largest absolute Gasteiger partial charge is 0.493 e. The summed E-state index contributed by atoms with van der Waals surface area (Å²) < 4.78 is 15.6. The number of amides is 1. The number of nitrogens with zero attached hydrogens (tertiary/aromatic N) is 1. The van der Waals surface area contributed by atoms with Crippen LogP contribution in [-0.4, -0.2) is 32.9 Å². The van der Waals surface area contributed by atoms with Gasteiger partial charge in [0.1, 0.15) is 12.4 Å². The molecule has 0 atom stereocenters. The van der Waals surface area contributed by atoms with Gasteiger partial charge in [0.05, 0.1) is 20.4 Å². The Morgan fingerprint density at radius 1 is 1.16 bits per heavy atom. The van der Waals surface area contributed by atoms with Crippen LogP contribution in [0.2, 0.25) is 0 Å². The van der Waals surface area contributed by atoms with Gasteiger partial charge in [0.15, 0.2) is 11.5 Å². The molecule has 0 heterocycles. The van der Waals surface area contributed by atoms with Gasteiger partial charge in [0.25, 0.3) is 5.91 Å². The lowest BCUT2D eigenvalue weighted by molar-refractivity contribution is 0.0954. The molecule has 1 N–H and O–H groups in total. The normalized spacial score (nSPS) is 10.1. The van der Waals surface area contributed by atoms with Gasteiger partial charge in [0.2, 0.25) is 0 Å². The first kappa shape index (κ1) is 17.9. The van der Waals surface area contributed by atoms with Crippen molar-refractivity contribution in [3.05, 3.63) is 53.6 Å². The van der Waals surface area contributed by atoms with Crippen LogP contribution < -0.4 is 19.6 Å². The molecule has 128 valence electrons. The highest BCUT2D eigenvalue weighted by atomic mass is 16.5. The van der Waals surface area contributed by atoms with E-state index < -0.39 is 0 Å². The molecule has 0 fully saturated rings. The van der Waals surface area contributed by atoms with Gasteiger partial charge in [-0.25, -0.2) is 5.43 Å². The van der Waals surface area contributed by atoms with Crippen LogP contribution in [0.25, 0.3) is 0 Å². The fourth-order valence-corrected chi connectivity index (χ4v) is 1.98. The van der Waals surface area contributed by atoms with E-state index in [1.165, 1.54) is 20.4 Å². The minimum Gasteiger partial charge on any atom is -0.493 e. The van der Waals surface area contributed by atoms with Crippen LogP contribution in [0.3, 0.4) is 0 Å². The van der Waals surface area contributed by atoms with E-state index in [1.54, 1.807) is 42.5 Å². The number of terminal acetylenes is 1. The van der Waals surface area contributed by atoms with Crippen molar-refractivity contribution in [2.75, 3.05) is 20.8 Å². The Morgan fingerprint density at radius 3 is 2.52 bits per heavy atom. The zero-order valence-corrected chi connectivity index (χ0v) is 14.0. The zero-order chi connectivity index (χ0) is 18.1. The maximum Gasteiger partial charge on any atom is 0.271 e. The van der Waals surface area contributed by atoms with Crippen LogP contribution in [-0.2, 0) is 0 Å². The Kier molecular flexibility index (Phi) is 6.43. The molecule has 0 bridgehead atoms. The minimum atomic E-state index is -0.355. The third kappa shape index (κ3) is 5.01. The summed E-state index contributed by atoms with van der Waals surface area (Å²) in [5.41, 5.74) is 3.68. The molecular formula is C19H18N2O4. The van der Waals surface area contributed by atoms with Gasteiger partial charge in [-0.1, -0.05) is 5.92 Å². The maximum atomic E-state index is 12.1. The molecular weight excluding hydrogens is 320 g/mol. The lowest BCUT2D eigenvalue weighted by atomic mass is 10.2. The molecule has 2 rings (SSSR count). The summed E-state index contributed by atoms with van der Waals surface area (Å²) in [5, 5.41) is 3.94. The summed E-state index contributed by atoms with van der Waals surface area (Å²) in [7, 11) is 3.04. The lowest BCUT2D eigenvalue weighted by Gasteiger charge is -2.08. The van der Waals surface area contributed by atoms with Gasteiger partial charge in [-0.2, -0.15) is 5.10 Å². The second-order valence-electron chi connectivity index (χ2n) is 4.83. The number of hydrogen-bond acceptors (Lipinski definition) is 5. The van der Waals surface area contributed by atoms with Crippen LogP contribution in [0.1, 0.15) is 15.9 Å². The van der Waals surface area contributed by atoms with E-state index in [2.05, 4.69) is 16.4 Å². The van der Waals surface area contributed by atoms with E-state index in [0.717, 1.165) is 5.56 Å². The van der Waals surface area contributed by atoms with Crippen molar-refractivity contribution in [3.8, 4) is 29.6 Å². The summed E-state index contributed by atoms with van der Waals surface area (Å²) in [4.78, 5) is 12.1. The summed E-state index contributed by atoms with van der Waals surface area (Å²) in [6, 6.07) is 12.0. The highest BCUT2D eigenvalue weighted by molar-refractivity contribution is 5.95. The van der Waals surface area contributed by atoms with Gasteiger partial charge >= 0.3 is 0 Å². The van der Waals surface area contributed by atoms with Crippen LogP contribution in [0.15, 0.2) is 47.6 Å². The Balaban J connectivity index is 1.97. The Labute approximate surface area is 146 Å². The number of hydrazone groups is 1. The van der Waals surface area contributed by atoms with Crippen LogP contribution >= 0.6 is 0 Å². The molecule has 0 spiro atoms. The smallest absolute Gasteiger partial charge is 0.271 e. The number of rotatable bonds is 7. The highest BCUT2D eigenvalue weighted by Crippen LogP contribution is 2.27. The van der Waals surface area contributed by atoms with E-state index in [1.807, 2.05) is 0 Å². The van der Waals surface area contributed by atoms with Gasteiger partial charge in [-0.3, -0.25) is 4.79 Å². The van der Waals surface area contributed by atoms with Crippen LogP contribution in [0.5, 0.6) is 17.2 Å². The molecule has 2 aromatic rings. The number of benzene rings is 2. The number of nitrogens with one attached hydrogen (secondary N) is 1. The molecule has 6 nitrogen and oxygen atoms in total. The first-order valence-corrected chi connectivity index (χ1v) is 7.39. The van der Waals surface area contributed by atoms with Crippen molar-refractivity contribution in [2.24, 2.45) is 5.10 Å². The molecule has 0 saturated carbocycles. The molecule has 1 amide bonds. The third-order valence-electron chi connectivity index (χ3n) is 3.23. The van der Waals surface area contributed by atoms with E-state index in [4.69, 9.17) is 20.6 Å². The number of carbonyl (C=O) groups excluding carboxylic acids is 1. The van der Waals surface area contributed by atoms with Gasteiger partial charge in [-0.15, -0.1) is 6.42 Å². The molecule has 0 unspecified atom stereocenters. The fraction of sp³-hybridized carbons (Fsp3) is 0.158. The minimum absolute atomic E-state index is 0.217. The number of methoxy groups -OCH3 is 2. The molecule has 25 heavy (non-hydrogen) atoms. The molecule has 0 aliphatic carbocycles. The Bertz CT molecular complexity index is 792. The summed E-state index contributed by atoms with van der Waals surface area (Å²) >= 11 is 0. The van der Waals surface area contributed by atoms with E-state index >= 15 is 0 Å². The molecule has 0 saturated heterocycles.